The zero-order valence-electron chi connectivity index (χ0n) is 47.4. The topological polar surface area (TPSA) is 19.7 Å². The van der Waals surface area contributed by atoms with Gasteiger partial charge in [0.05, 0.1) is 49.8 Å². The third-order valence-electron chi connectivity index (χ3n) is 18.9. The third kappa shape index (κ3) is 6.69. The molecule has 0 bridgehead atoms. The van der Waals surface area contributed by atoms with Gasteiger partial charge in [0.15, 0.2) is 0 Å². The number of aromatic nitrogens is 4. The van der Waals surface area contributed by atoms with Crippen LogP contribution in [0.3, 0.4) is 0 Å². The highest BCUT2D eigenvalue weighted by Crippen LogP contribution is 2.50. The lowest BCUT2D eigenvalue weighted by molar-refractivity contribution is 0.470. The van der Waals surface area contributed by atoms with Crippen LogP contribution in [0.25, 0.3) is 149 Å². The molecule has 5 heterocycles. The summed E-state index contributed by atoms with van der Waals surface area (Å²) in [5.74, 6) is 0. The van der Waals surface area contributed by atoms with Gasteiger partial charge in [0.2, 0.25) is 0 Å². The summed E-state index contributed by atoms with van der Waals surface area (Å²) in [7, 11) is 0. The lowest BCUT2D eigenvalue weighted by Crippen LogP contribution is -2.27. The van der Waals surface area contributed by atoms with E-state index in [-0.39, 0.29) is 5.54 Å². The van der Waals surface area contributed by atoms with Gasteiger partial charge < -0.3 is 18.3 Å². The lowest BCUT2D eigenvalue weighted by atomic mass is 9.86. The number of rotatable bonds is 6. The Hall–Kier alpha value is -10.2. The summed E-state index contributed by atoms with van der Waals surface area (Å²) < 4.78 is 10.1. The number of benzene rings is 12. The average molecular weight is 1060 g/mol. The molecule has 0 unspecified atom stereocenters. The molecule has 4 heteroatoms. The molecule has 4 nitrogen and oxygen atoms in total. The molecule has 0 saturated carbocycles. The second-order valence-corrected chi connectivity index (χ2v) is 23.8. The number of aryl methyl sites for hydroxylation is 3. The molecule has 394 valence electrons. The van der Waals surface area contributed by atoms with Gasteiger partial charge in [0.25, 0.3) is 0 Å². The van der Waals surface area contributed by atoms with Gasteiger partial charge in [0, 0.05) is 65.5 Å². The first-order valence-electron chi connectivity index (χ1n) is 29.2. The molecule has 1 aliphatic rings. The van der Waals surface area contributed by atoms with Crippen LogP contribution < -0.4 is 0 Å². The van der Waals surface area contributed by atoms with E-state index in [1.165, 1.54) is 165 Å². The Labute approximate surface area is 482 Å². The number of hydrogen-bond donors (Lipinski definition) is 0. The molecule has 1 aliphatic heterocycles. The van der Waals surface area contributed by atoms with Crippen molar-refractivity contribution in [2.24, 2.45) is 0 Å². The fraction of sp³-hybridized carbons (Fsp3) is 0.0886. The Bertz CT molecular complexity index is 5440. The van der Waals surface area contributed by atoms with Crippen molar-refractivity contribution in [1.82, 2.24) is 18.3 Å². The van der Waals surface area contributed by atoms with Crippen molar-refractivity contribution >= 4 is 87.2 Å². The average Bonchev–Trinajstić information content (AvgIpc) is 2.31. The zero-order chi connectivity index (χ0) is 55.6. The van der Waals surface area contributed by atoms with Gasteiger partial charge in [-0.3, -0.25) is 0 Å². The maximum absolute atomic E-state index is 2.62. The number of nitrogens with zero attached hydrogens (tertiary/aromatic N) is 4. The first-order valence-corrected chi connectivity index (χ1v) is 29.2. The molecule has 0 N–H and O–H groups in total. The van der Waals surface area contributed by atoms with E-state index in [1.807, 2.05) is 0 Å². The summed E-state index contributed by atoms with van der Waals surface area (Å²) >= 11 is 0. The van der Waals surface area contributed by atoms with Gasteiger partial charge in [0.1, 0.15) is 0 Å². The van der Waals surface area contributed by atoms with Gasteiger partial charge in [-0.05, 0) is 187 Å². The van der Waals surface area contributed by atoms with Crippen LogP contribution >= 0.6 is 0 Å². The van der Waals surface area contributed by atoms with Crippen LogP contribution in [0, 0.1) is 27.7 Å². The second kappa shape index (κ2) is 17.4. The quantitative estimate of drug-likeness (QED) is 0.158. The molecule has 0 aliphatic carbocycles. The Morgan fingerprint density at radius 1 is 0.289 bits per heavy atom. The van der Waals surface area contributed by atoms with Gasteiger partial charge in [-0.2, -0.15) is 0 Å². The molecule has 16 aromatic rings. The summed E-state index contributed by atoms with van der Waals surface area (Å²) in [6, 6.07) is 91.2. The normalized spacial score (nSPS) is 13.0. The van der Waals surface area contributed by atoms with E-state index in [0.29, 0.717) is 0 Å². The summed E-state index contributed by atoms with van der Waals surface area (Å²) in [4.78, 5) is 0. The minimum atomic E-state index is -0.388. The molecule has 0 amide bonds. The van der Waals surface area contributed by atoms with Crippen LogP contribution in [0.2, 0.25) is 0 Å². The van der Waals surface area contributed by atoms with E-state index >= 15 is 0 Å². The van der Waals surface area contributed by atoms with Crippen molar-refractivity contribution in [2.45, 2.75) is 47.1 Å². The number of hydrogen-bond acceptors (Lipinski definition) is 0. The molecule has 0 radical (unpaired) electrons. The summed E-state index contributed by atoms with van der Waals surface area (Å²) in [6.07, 6.45) is 0. The van der Waals surface area contributed by atoms with E-state index < -0.39 is 0 Å². The van der Waals surface area contributed by atoms with Crippen molar-refractivity contribution in [3.8, 4) is 61.6 Å². The third-order valence-corrected chi connectivity index (χ3v) is 18.9. The predicted octanol–water partition coefficient (Wildman–Crippen LogP) is 21.1. The standard InChI is InChI=1S/C79H58N4/c1-47-17-7-8-20-58(47)53-35-41-64-73(45-53)80(70-28-13-18-48(2)75(64)70)56-37-31-51(32-38-56)52-33-39-57(40-34-52)81-71-29-14-19-49(3)76(71)65-42-36-54(46-74(65)81)59-23-15-24-60(50(59)4)55-43-66-62-22-9-11-26-68(62)82-72-30-16-25-63-61-21-10-12-27-69(61)83(78(63)72)79(5,6)67(44-55)77(66)82/h7-46H,1-6H3. The second-order valence-electron chi connectivity index (χ2n) is 23.8. The Morgan fingerprint density at radius 2 is 0.759 bits per heavy atom. The summed E-state index contributed by atoms with van der Waals surface area (Å²) in [5, 5.41) is 10.3. The van der Waals surface area contributed by atoms with E-state index in [2.05, 4.69) is 302 Å². The number of fused-ring (bicyclic) bond motifs is 13. The minimum absolute atomic E-state index is 0.388. The van der Waals surface area contributed by atoms with Gasteiger partial charge >= 0.3 is 0 Å². The van der Waals surface area contributed by atoms with E-state index in [0.717, 1.165) is 11.4 Å². The van der Waals surface area contributed by atoms with Crippen LogP contribution in [-0.4, -0.2) is 18.3 Å². The highest BCUT2D eigenvalue weighted by atomic mass is 15.1. The molecule has 0 spiro atoms. The van der Waals surface area contributed by atoms with Crippen molar-refractivity contribution < 1.29 is 0 Å². The predicted molar refractivity (Wildman–Crippen MR) is 352 cm³/mol. The smallest absolute Gasteiger partial charge is 0.0744 e. The molecule has 0 atom stereocenters. The van der Waals surface area contributed by atoms with E-state index in [9.17, 15) is 0 Å². The first-order chi connectivity index (χ1) is 40.6. The van der Waals surface area contributed by atoms with Crippen LogP contribution in [-0.2, 0) is 5.54 Å². The van der Waals surface area contributed by atoms with Crippen LogP contribution in [0.4, 0.5) is 0 Å². The largest absolute Gasteiger partial charge is 0.329 e. The van der Waals surface area contributed by atoms with Gasteiger partial charge in [-0.25, -0.2) is 0 Å². The SMILES string of the molecule is Cc1ccccc1-c1ccc2c3c(C)cccc3n(-c3ccc(-c4ccc(-n5c6cc(-c7cccc(-c8cc9c%10c(c8)c8ccccc8n%10-c8cccc%10c%11ccccc%11n(c8%10)C9(C)C)c7C)ccc6c6c(C)cccc65)cc4)cc3)c2c1. The molecular weight excluding hydrogens is 1000 g/mol. The van der Waals surface area contributed by atoms with Crippen molar-refractivity contribution in [3.63, 3.8) is 0 Å². The van der Waals surface area contributed by atoms with Crippen LogP contribution in [0.15, 0.2) is 243 Å². The molecule has 12 aromatic carbocycles. The molecule has 17 rings (SSSR count). The highest BCUT2D eigenvalue weighted by molar-refractivity contribution is 6.18. The maximum atomic E-state index is 2.62. The Morgan fingerprint density at radius 3 is 1.39 bits per heavy atom. The molecule has 83 heavy (non-hydrogen) atoms. The van der Waals surface area contributed by atoms with Crippen LogP contribution in [0.5, 0.6) is 0 Å². The van der Waals surface area contributed by atoms with Crippen LogP contribution in [0.1, 0.15) is 41.7 Å². The molecular formula is C79H58N4. The molecule has 4 aromatic heterocycles. The molecule has 0 fully saturated rings. The van der Waals surface area contributed by atoms with Crippen molar-refractivity contribution in [1.29, 1.82) is 0 Å². The fourth-order valence-electron chi connectivity index (χ4n) is 15.0. The molecule has 0 saturated heterocycles. The Balaban J connectivity index is 0.765. The van der Waals surface area contributed by atoms with Crippen molar-refractivity contribution in [2.75, 3.05) is 0 Å². The highest BCUT2D eigenvalue weighted by Gasteiger charge is 2.36. The fourth-order valence-corrected chi connectivity index (χ4v) is 15.0. The lowest BCUT2D eigenvalue weighted by Gasteiger charge is -2.30. The monoisotopic (exact) mass is 1060 g/mol. The summed E-state index contributed by atoms with van der Waals surface area (Å²) in [5.41, 5.74) is 29.2. The minimum Gasteiger partial charge on any atom is -0.329 e. The van der Waals surface area contributed by atoms with E-state index in [1.54, 1.807) is 0 Å². The number of para-hydroxylation sites is 3. The van der Waals surface area contributed by atoms with Gasteiger partial charge in [-0.15, -0.1) is 0 Å². The van der Waals surface area contributed by atoms with Crippen molar-refractivity contribution in [3.05, 3.63) is 270 Å². The summed E-state index contributed by atoms with van der Waals surface area (Å²) in [6.45, 7) is 13.8. The zero-order valence-corrected chi connectivity index (χ0v) is 47.4. The Kier molecular flexibility index (Phi) is 10.00. The van der Waals surface area contributed by atoms with E-state index in [4.69, 9.17) is 0 Å². The van der Waals surface area contributed by atoms with Gasteiger partial charge in [-0.1, -0.05) is 164 Å². The maximum Gasteiger partial charge on any atom is 0.0744 e. The first kappa shape index (κ1) is 47.6.